The van der Waals surface area contributed by atoms with Gasteiger partial charge in [-0.15, -0.1) is 0 Å². The molecule has 0 aliphatic carbocycles. The summed E-state index contributed by atoms with van der Waals surface area (Å²) in [4.78, 5) is 2.49. The number of piperidine rings is 1. The van der Waals surface area contributed by atoms with E-state index in [2.05, 4.69) is 22.3 Å². The second kappa shape index (κ2) is 6.63. The maximum atomic E-state index is 8.36. The number of likely N-dealkylation sites (tertiary alicyclic amines) is 1. The van der Waals surface area contributed by atoms with Crippen molar-refractivity contribution in [1.29, 1.82) is 0 Å². The zero-order valence-corrected chi connectivity index (χ0v) is 9.45. The van der Waals surface area contributed by atoms with E-state index in [-0.39, 0.29) is 5.84 Å². The molecule has 1 fully saturated rings. The van der Waals surface area contributed by atoms with E-state index in [1.165, 1.54) is 32.4 Å². The largest absolute Gasteiger partial charge is 0.409 e. The van der Waals surface area contributed by atoms with Crippen molar-refractivity contribution in [2.24, 2.45) is 10.9 Å². The van der Waals surface area contributed by atoms with Crippen LogP contribution in [0.2, 0.25) is 0 Å². The molecule has 15 heavy (non-hydrogen) atoms. The minimum absolute atomic E-state index is 0.237. The number of hydrogen-bond donors (Lipinski definition) is 3. The number of nitrogens with two attached hydrogens (primary N) is 1. The summed E-state index contributed by atoms with van der Waals surface area (Å²) >= 11 is 0. The van der Waals surface area contributed by atoms with Crippen LogP contribution in [-0.2, 0) is 0 Å². The highest BCUT2D eigenvalue weighted by atomic mass is 16.4. The molecule has 1 aliphatic rings. The fourth-order valence-corrected chi connectivity index (χ4v) is 1.93. The number of nitrogens with zero attached hydrogens (tertiary/aromatic N) is 2. The van der Waals surface area contributed by atoms with E-state index < -0.39 is 0 Å². The standard InChI is InChI=1S/C10H22N4O/c1-9(7-12-8-10(11)13-15)14-5-3-2-4-6-14/h9,12,15H,2-8H2,1H3,(H2,11,13). The summed E-state index contributed by atoms with van der Waals surface area (Å²) in [5.41, 5.74) is 5.36. The molecule has 0 spiro atoms. The monoisotopic (exact) mass is 214 g/mol. The first kappa shape index (κ1) is 12.3. The van der Waals surface area contributed by atoms with E-state index >= 15 is 0 Å². The molecule has 1 heterocycles. The van der Waals surface area contributed by atoms with Crippen molar-refractivity contribution in [2.45, 2.75) is 32.2 Å². The first-order valence-electron chi connectivity index (χ1n) is 5.65. The first-order valence-corrected chi connectivity index (χ1v) is 5.65. The second-order valence-corrected chi connectivity index (χ2v) is 4.17. The van der Waals surface area contributed by atoms with Crippen LogP contribution in [0.15, 0.2) is 5.16 Å². The van der Waals surface area contributed by atoms with Crippen LogP contribution < -0.4 is 11.1 Å². The van der Waals surface area contributed by atoms with Gasteiger partial charge in [0, 0.05) is 12.6 Å². The van der Waals surface area contributed by atoms with E-state index in [1.807, 2.05) is 0 Å². The van der Waals surface area contributed by atoms with Gasteiger partial charge in [-0.25, -0.2) is 0 Å². The predicted octanol–water partition coefficient (Wildman–Crippen LogP) is 0.197. The van der Waals surface area contributed by atoms with E-state index in [0.29, 0.717) is 12.6 Å². The summed E-state index contributed by atoms with van der Waals surface area (Å²) in [7, 11) is 0. The molecular weight excluding hydrogens is 192 g/mol. The lowest BCUT2D eigenvalue weighted by Crippen LogP contribution is -2.44. The van der Waals surface area contributed by atoms with Gasteiger partial charge < -0.3 is 16.3 Å². The van der Waals surface area contributed by atoms with Gasteiger partial charge >= 0.3 is 0 Å². The molecule has 1 unspecified atom stereocenters. The van der Waals surface area contributed by atoms with Crippen LogP contribution in [0, 0.1) is 0 Å². The van der Waals surface area contributed by atoms with Gasteiger partial charge in [0.1, 0.15) is 0 Å². The normalized spacial score (nSPS) is 21.5. The van der Waals surface area contributed by atoms with Crippen molar-refractivity contribution in [3.8, 4) is 0 Å². The highest BCUT2D eigenvalue weighted by molar-refractivity contribution is 5.81. The summed E-state index contributed by atoms with van der Waals surface area (Å²) in [6.45, 7) is 5.95. The zero-order valence-electron chi connectivity index (χ0n) is 9.45. The number of hydrogen-bond acceptors (Lipinski definition) is 4. The van der Waals surface area contributed by atoms with Gasteiger partial charge in [-0.1, -0.05) is 11.6 Å². The molecule has 88 valence electrons. The van der Waals surface area contributed by atoms with Crippen molar-refractivity contribution in [2.75, 3.05) is 26.2 Å². The van der Waals surface area contributed by atoms with Crippen LogP contribution in [0.4, 0.5) is 0 Å². The molecule has 4 N–H and O–H groups in total. The summed E-state index contributed by atoms with van der Waals surface area (Å²) < 4.78 is 0. The summed E-state index contributed by atoms with van der Waals surface area (Å²) in [6, 6.07) is 0.525. The van der Waals surface area contributed by atoms with Crippen LogP contribution in [0.1, 0.15) is 26.2 Å². The lowest BCUT2D eigenvalue weighted by atomic mass is 10.1. The Morgan fingerprint density at radius 2 is 2.13 bits per heavy atom. The molecule has 0 amide bonds. The number of rotatable bonds is 5. The molecule has 1 atom stereocenters. The van der Waals surface area contributed by atoms with Gasteiger partial charge in [0.25, 0.3) is 0 Å². The van der Waals surface area contributed by atoms with Crippen LogP contribution in [-0.4, -0.2) is 48.2 Å². The Bertz CT molecular complexity index is 202. The highest BCUT2D eigenvalue weighted by Gasteiger charge is 2.15. The quantitative estimate of drug-likeness (QED) is 0.264. The number of nitrogens with one attached hydrogen (secondary N) is 1. The van der Waals surface area contributed by atoms with E-state index in [9.17, 15) is 0 Å². The van der Waals surface area contributed by atoms with Crippen molar-refractivity contribution < 1.29 is 5.21 Å². The zero-order chi connectivity index (χ0) is 11.1. The third-order valence-electron chi connectivity index (χ3n) is 2.89. The molecule has 0 saturated carbocycles. The molecule has 0 bridgehead atoms. The maximum Gasteiger partial charge on any atom is 0.153 e. The molecule has 1 saturated heterocycles. The van der Waals surface area contributed by atoms with E-state index in [4.69, 9.17) is 10.9 Å². The summed E-state index contributed by atoms with van der Waals surface area (Å²) in [6.07, 6.45) is 3.98. The fourth-order valence-electron chi connectivity index (χ4n) is 1.93. The summed E-state index contributed by atoms with van der Waals surface area (Å²) in [5.74, 6) is 0.237. The minimum Gasteiger partial charge on any atom is -0.409 e. The lowest BCUT2D eigenvalue weighted by molar-refractivity contribution is 0.172. The second-order valence-electron chi connectivity index (χ2n) is 4.17. The van der Waals surface area contributed by atoms with Crippen LogP contribution in [0.3, 0.4) is 0 Å². The van der Waals surface area contributed by atoms with Gasteiger partial charge in [-0.3, -0.25) is 4.90 Å². The molecule has 0 radical (unpaired) electrons. The van der Waals surface area contributed by atoms with E-state index in [0.717, 1.165) is 6.54 Å². The van der Waals surface area contributed by atoms with Gasteiger partial charge in [0.15, 0.2) is 5.84 Å². The molecule has 5 heteroatoms. The number of amidine groups is 1. The Labute approximate surface area is 91.3 Å². The Balaban J connectivity index is 2.14. The lowest BCUT2D eigenvalue weighted by Gasteiger charge is -2.32. The predicted molar refractivity (Wildman–Crippen MR) is 61.2 cm³/mol. The Morgan fingerprint density at radius 1 is 1.47 bits per heavy atom. The van der Waals surface area contributed by atoms with Gasteiger partial charge in [-0.05, 0) is 32.9 Å². The van der Waals surface area contributed by atoms with Crippen molar-refractivity contribution in [3.05, 3.63) is 0 Å². The SMILES string of the molecule is CC(CNCC(N)=NO)N1CCCCC1. The first-order chi connectivity index (χ1) is 7.24. The Kier molecular flexibility index (Phi) is 5.42. The Morgan fingerprint density at radius 3 is 2.73 bits per heavy atom. The molecule has 0 aromatic carbocycles. The molecule has 5 nitrogen and oxygen atoms in total. The highest BCUT2D eigenvalue weighted by Crippen LogP contribution is 2.11. The van der Waals surface area contributed by atoms with Crippen LogP contribution in [0.25, 0.3) is 0 Å². The molecule has 1 aliphatic heterocycles. The smallest absolute Gasteiger partial charge is 0.153 e. The molecular formula is C10H22N4O. The van der Waals surface area contributed by atoms with Gasteiger partial charge in [0.05, 0.1) is 6.54 Å². The van der Waals surface area contributed by atoms with Gasteiger partial charge in [-0.2, -0.15) is 0 Å². The topological polar surface area (TPSA) is 73.9 Å². The molecule has 1 rings (SSSR count). The Hall–Kier alpha value is -0.810. The summed E-state index contributed by atoms with van der Waals surface area (Å²) in [5, 5.41) is 14.5. The maximum absolute atomic E-state index is 8.36. The van der Waals surface area contributed by atoms with Crippen molar-refractivity contribution in [3.63, 3.8) is 0 Å². The molecule has 0 aromatic heterocycles. The van der Waals surface area contributed by atoms with Crippen molar-refractivity contribution in [1.82, 2.24) is 10.2 Å². The fraction of sp³-hybridized carbons (Fsp3) is 0.900. The third-order valence-corrected chi connectivity index (χ3v) is 2.89. The van der Waals surface area contributed by atoms with Gasteiger partial charge in [0.2, 0.25) is 0 Å². The van der Waals surface area contributed by atoms with E-state index in [1.54, 1.807) is 0 Å². The van der Waals surface area contributed by atoms with Crippen molar-refractivity contribution >= 4 is 5.84 Å². The van der Waals surface area contributed by atoms with Crippen LogP contribution >= 0.6 is 0 Å². The third kappa shape index (κ3) is 4.48. The molecule has 0 aromatic rings. The van der Waals surface area contributed by atoms with Crippen LogP contribution in [0.5, 0.6) is 0 Å². The minimum atomic E-state index is 0.237. The average molecular weight is 214 g/mol. The average Bonchev–Trinajstić information content (AvgIpc) is 2.29. The number of oxime groups is 1.